The highest BCUT2D eigenvalue weighted by atomic mass is 32.1. The van der Waals surface area contributed by atoms with Crippen molar-refractivity contribution in [1.82, 2.24) is 0 Å². The molecule has 2 rings (SSSR count). The number of hydrogen-bond acceptors (Lipinski definition) is 2. The molecule has 0 aliphatic heterocycles. The van der Waals surface area contributed by atoms with Gasteiger partial charge in [-0.15, -0.1) is 0 Å². The summed E-state index contributed by atoms with van der Waals surface area (Å²) in [7, 11) is 0. The summed E-state index contributed by atoms with van der Waals surface area (Å²) < 4.78 is 63.5. The first kappa shape index (κ1) is 10.2. The summed E-state index contributed by atoms with van der Waals surface area (Å²) >= 11 is 0.101. The lowest BCUT2D eigenvalue weighted by Gasteiger charge is -1.98. The fourth-order valence-corrected chi connectivity index (χ4v) is 2.00. The van der Waals surface area contributed by atoms with Gasteiger partial charge in [-0.3, -0.25) is 0 Å². The smallest absolute Gasteiger partial charge is 0.209 e. The van der Waals surface area contributed by atoms with Crippen molar-refractivity contribution in [2.45, 2.75) is 0 Å². The molecule has 0 spiro atoms. The molecule has 0 unspecified atom stereocenters. The molecule has 1 N–H and O–H groups in total. The lowest BCUT2D eigenvalue weighted by Crippen LogP contribution is -1.96. The van der Waals surface area contributed by atoms with Gasteiger partial charge in [-0.1, -0.05) is 11.3 Å². The fraction of sp³-hybridized carbons (Fsp3) is 0. The number of halogens is 5. The number of hydrogen-bond donors (Lipinski definition) is 1. The zero-order valence-electron chi connectivity index (χ0n) is 6.75. The maximum atomic E-state index is 13.0. The Morgan fingerprint density at radius 3 is 1.87 bits per heavy atom. The topological polar surface area (TPSA) is 20.2 Å². The maximum absolute atomic E-state index is 13.0. The van der Waals surface area contributed by atoms with Crippen LogP contribution in [0.4, 0.5) is 22.0 Å². The third-order valence-corrected chi connectivity index (χ3v) is 2.79. The second-order valence-corrected chi connectivity index (χ2v) is 3.68. The molecule has 0 saturated carbocycles. The molecule has 1 nitrogen and oxygen atoms in total. The summed E-state index contributed by atoms with van der Waals surface area (Å²) in [5.74, 6) is -9.19. The summed E-state index contributed by atoms with van der Waals surface area (Å²) in [6, 6.07) is 0. The van der Waals surface area contributed by atoms with Gasteiger partial charge in [0.2, 0.25) is 5.06 Å². The van der Waals surface area contributed by atoms with Crippen molar-refractivity contribution in [2.75, 3.05) is 0 Å². The van der Waals surface area contributed by atoms with Crippen LogP contribution < -0.4 is 0 Å². The Balaban J connectivity index is 3.07. The summed E-state index contributed by atoms with van der Waals surface area (Å²) in [5.41, 5.74) is 0. The first-order valence-electron chi connectivity index (χ1n) is 3.58. The molecule has 1 aromatic heterocycles. The lowest BCUT2D eigenvalue weighted by molar-refractivity contribution is 0.415. The third kappa shape index (κ3) is 1.19. The Morgan fingerprint density at radius 1 is 0.733 bits per heavy atom. The standard InChI is InChI=1S/C8HF5OS/c9-2-1-3(10)8(14)15-7(1)6(13)5(12)4(2)11/h14H. The Hall–Kier alpha value is -1.37. The molecule has 0 aliphatic rings. The summed E-state index contributed by atoms with van der Waals surface area (Å²) in [4.78, 5) is 0. The summed E-state index contributed by atoms with van der Waals surface area (Å²) in [6.07, 6.45) is 0. The van der Waals surface area contributed by atoms with Gasteiger partial charge >= 0.3 is 0 Å². The largest absolute Gasteiger partial charge is 0.497 e. The minimum absolute atomic E-state index is 0.101. The van der Waals surface area contributed by atoms with Crippen molar-refractivity contribution >= 4 is 21.4 Å². The molecule has 0 aliphatic carbocycles. The predicted molar refractivity (Wildman–Crippen MR) is 43.3 cm³/mol. The Kier molecular flexibility index (Phi) is 2.07. The Morgan fingerprint density at radius 2 is 1.27 bits per heavy atom. The third-order valence-electron chi connectivity index (χ3n) is 1.83. The number of benzene rings is 1. The van der Waals surface area contributed by atoms with E-state index in [1.54, 1.807) is 0 Å². The molecular weight excluding hydrogens is 239 g/mol. The van der Waals surface area contributed by atoms with E-state index in [0.717, 1.165) is 0 Å². The van der Waals surface area contributed by atoms with Crippen molar-refractivity contribution in [2.24, 2.45) is 0 Å². The number of rotatable bonds is 0. The van der Waals surface area contributed by atoms with E-state index in [4.69, 9.17) is 5.11 Å². The van der Waals surface area contributed by atoms with E-state index >= 15 is 0 Å². The zero-order chi connectivity index (χ0) is 11.3. The molecule has 80 valence electrons. The van der Waals surface area contributed by atoms with Crippen LogP contribution in [0.5, 0.6) is 5.06 Å². The van der Waals surface area contributed by atoms with Crippen molar-refractivity contribution in [1.29, 1.82) is 0 Å². The van der Waals surface area contributed by atoms with Gasteiger partial charge in [0.05, 0.1) is 10.1 Å². The molecule has 0 amide bonds. The van der Waals surface area contributed by atoms with Gasteiger partial charge in [0.25, 0.3) is 0 Å². The number of aromatic hydroxyl groups is 1. The molecule has 1 aromatic carbocycles. The van der Waals surface area contributed by atoms with Crippen LogP contribution in [0, 0.1) is 29.1 Å². The zero-order valence-corrected chi connectivity index (χ0v) is 7.56. The molecule has 0 saturated heterocycles. The highest BCUT2D eigenvalue weighted by molar-refractivity contribution is 7.20. The van der Waals surface area contributed by atoms with E-state index in [1.165, 1.54) is 0 Å². The first-order valence-corrected chi connectivity index (χ1v) is 4.39. The number of thiophene rings is 1. The minimum Gasteiger partial charge on any atom is -0.497 e. The molecular formula is C8HF5OS. The highest BCUT2D eigenvalue weighted by Crippen LogP contribution is 2.39. The molecule has 7 heteroatoms. The average Bonchev–Trinajstić information content (AvgIpc) is 2.50. The van der Waals surface area contributed by atoms with E-state index < -0.39 is 44.2 Å². The van der Waals surface area contributed by atoms with Gasteiger partial charge in [-0.05, 0) is 0 Å². The predicted octanol–water partition coefficient (Wildman–Crippen LogP) is 3.30. The van der Waals surface area contributed by atoms with Crippen LogP contribution in [-0.2, 0) is 0 Å². The van der Waals surface area contributed by atoms with E-state index in [0.29, 0.717) is 0 Å². The van der Waals surface area contributed by atoms with E-state index in [-0.39, 0.29) is 11.3 Å². The minimum atomic E-state index is -2.10. The molecule has 1 heterocycles. The van der Waals surface area contributed by atoms with E-state index in [9.17, 15) is 22.0 Å². The van der Waals surface area contributed by atoms with Gasteiger partial charge in [0, 0.05) is 0 Å². The van der Waals surface area contributed by atoms with Crippen molar-refractivity contribution in [3.63, 3.8) is 0 Å². The summed E-state index contributed by atoms with van der Waals surface area (Å²) in [5, 5.41) is 6.74. The van der Waals surface area contributed by atoms with Crippen LogP contribution in [0.3, 0.4) is 0 Å². The van der Waals surface area contributed by atoms with Crippen molar-refractivity contribution in [3.05, 3.63) is 29.1 Å². The maximum Gasteiger partial charge on any atom is 0.209 e. The van der Waals surface area contributed by atoms with Crippen LogP contribution >= 0.6 is 11.3 Å². The fourth-order valence-electron chi connectivity index (χ4n) is 1.15. The second-order valence-electron chi connectivity index (χ2n) is 2.68. The van der Waals surface area contributed by atoms with E-state index in [1.807, 2.05) is 0 Å². The van der Waals surface area contributed by atoms with Gasteiger partial charge < -0.3 is 5.11 Å². The van der Waals surface area contributed by atoms with Crippen LogP contribution in [0.2, 0.25) is 0 Å². The SMILES string of the molecule is Oc1sc2c(F)c(F)c(F)c(F)c2c1F. The highest BCUT2D eigenvalue weighted by Gasteiger charge is 2.26. The summed E-state index contributed by atoms with van der Waals surface area (Å²) in [6.45, 7) is 0. The first-order chi connectivity index (χ1) is 6.95. The van der Waals surface area contributed by atoms with Gasteiger partial charge in [0.15, 0.2) is 29.1 Å². The van der Waals surface area contributed by atoms with Crippen LogP contribution in [-0.4, -0.2) is 5.11 Å². The van der Waals surface area contributed by atoms with Gasteiger partial charge in [-0.2, -0.15) is 0 Å². The second kappa shape index (κ2) is 3.06. The van der Waals surface area contributed by atoms with Crippen LogP contribution in [0.15, 0.2) is 0 Å². The molecule has 15 heavy (non-hydrogen) atoms. The Labute approximate surface area is 83.4 Å². The van der Waals surface area contributed by atoms with E-state index in [2.05, 4.69) is 0 Å². The normalized spacial score (nSPS) is 11.3. The van der Waals surface area contributed by atoms with Crippen molar-refractivity contribution < 1.29 is 27.1 Å². The average molecular weight is 240 g/mol. The van der Waals surface area contributed by atoms with Crippen LogP contribution in [0.25, 0.3) is 10.1 Å². The number of fused-ring (bicyclic) bond motifs is 1. The Bertz CT molecular complexity index is 562. The van der Waals surface area contributed by atoms with Crippen LogP contribution in [0.1, 0.15) is 0 Å². The monoisotopic (exact) mass is 240 g/mol. The quantitative estimate of drug-likeness (QED) is 0.425. The van der Waals surface area contributed by atoms with Crippen molar-refractivity contribution in [3.8, 4) is 5.06 Å². The molecule has 2 aromatic rings. The molecule has 0 fully saturated rings. The molecule has 0 atom stereocenters. The van der Waals surface area contributed by atoms with Gasteiger partial charge in [0.1, 0.15) is 0 Å². The van der Waals surface area contributed by atoms with Gasteiger partial charge in [-0.25, -0.2) is 22.0 Å². The molecule has 0 bridgehead atoms. The molecule has 0 radical (unpaired) electrons. The lowest BCUT2D eigenvalue weighted by atomic mass is 10.2.